The number of amides is 1. The topological polar surface area (TPSA) is 91.2 Å². The number of benzene rings is 2. The van der Waals surface area contributed by atoms with Crippen molar-refractivity contribution < 1.29 is 14.3 Å². The standard InChI is InChI=1S/C27H26ClN3O3S/c1-27(2)12-21-25(22(32)13-27)24(16-7-9-17(28)10-8-16)20(14-29)26(31-21)35-15-23(33)30-18-5-4-6-19(11-18)34-3/h4-11,24,31H,12-13,15H2,1-3H3,(H,30,33)/t24-/m0/s1. The lowest BCUT2D eigenvalue weighted by molar-refractivity contribution is -0.118. The molecule has 4 rings (SSSR count). The number of halogens is 1. The highest BCUT2D eigenvalue weighted by Crippen LogP contribution is 2.47. The number of thioether (sulfide) groups is 1. The lowest BCUT2D eigenvalue weighted by Gasteiger charge is -2.39. The highest BCUT2D eigenvalue weighted by Gasteiger charge is 2.41. The van der Waals surface area contributed by atoms with Gasteiger partial charge in [-0.2, -0.15) is 5.26 Å². The van der Waals surface area contributed by atoms with E-state index in [1.54, 1.807) is 43.5 Å². The van der Waals surface area contributed by atoms with Crippen molar-refractivity contribution in [1.29, 1.82) is 5.26 Å². The van der Waals surface area contributed by atoms with Crippen LogP contribution in [-0.4, -0.2) is 24.6 Å². The van der Waals surface area contributed by atoms with Crippen LogP contribution in [0, 0.1) is 16.7 Å². The van der Waals surface area contributed by atoms with E-state index in [0.29, 0.717) is 45.5 Å². The maximum atomic E-state index is 13.2. The van der Waals surface area contributed by atoms with Crippen LogP contribution in [0.15, 0.2) is 70.4 Å². The first kappa shape index (κ1) is 24.9. The van der Waals surface area contributed by atoms with Crippen LogP contribution in [0.5, 0.6) is 5.75 Å². The fourth-order valence-corrected chi connectivity index (χ4v) is 5.50. The summed E-state index contributed by atoms with van der Waals surface area (Å²) < 4.78 is 5.21. The van der Waals surface area contributed by atoms with Gasteiger partial charge in [-0.1, -0.05) is 55.4 Å². The zero-order valence-electron chi connectivity index (χ0n) is 19.8. The molecule has 6 nitrogen and oxygen atoms in total. The summed E-state index contributed by atoms with van der Waals surface area (Å²) in [6.45, 7) is 4.12. The first-order chi connectivity index (χ1) is 16.7. The SMILES string of the molecule is COc1cccc(NC(=O)CSC2=C(C#N)[C@H](c3ccc(Cl)cc3)C3=C(CC(C)(C)CC3=O)N2)c1. The summed E-state index contributed by atoms with van der Waals surface area (Å²) >= 11 is 7.36. The normalized spacial score (nSPS) is 18.9. The lowest BCUT2D eigenvalue weighted by Crippen LogP contribution is -2.37. The summed E-state index contributed by atoms with van der Waals surface area (Å²) in [6, 6.07) is 16.7. The van der Waals surface area contributed by atoms with E-state index in [1.165, 1.54) is 11.8 Å². The molecule has 180 valence electrons. The average Bonchev–Trinajstić information content (AvgIpc) is 2.81. The van der Waals surface area contributed by atoms with E-state index in [2.05, 4.69) is 30.6 Å². The molecule has 0 aromatic heterocycles. The molecule has 2 N–H and O–H groups in total. The molecule has 2 aliphatic rings. The van der Waals surface area contributed by atoms with Gasteiger partial charge < -0.3 is 15.4 Å². The summed E-state index contributed by atoms with van der Waals surface area (Å²) in [4.78, 5) is 25.9. The van der Waals surface area contributed by atoms with Crippen LogP contribution >= 0.6 is 23.4 Å². The summed E-state index contributed by atoms with van der Waals surface area (Å²) in [7, 11) is 1.57. The molecule has 2 aromatic carbocycles. The maximum Gasteiger partial charge on any atom is 0.234 e. The minimum atomic E-state index is -0.499. The quantitative estimate of drug-likeness (QED) is 0.514. The number of anilines is 1. The molecule has 1 aliphatic heterocycles. The number of carbonyl (C=O) groups is 2. The van der Waals surface area contributed by atoms with Gasteiger partial charge >= 0.3 is 0 Å². The highest BCUT2D eigenvalue weighted by molar-refractivity contribution is 8.03. The Hall–Kier alpha value is -3.21. The number of hydrogen-bond donors (Lipinski definition) is 2. The lowest BCUT2D eigenvalue weighted by atomic mass is 9.69. The minimum absolute atomic E-state index is 0.0382. The summed E-state index contributed by atoms with van der Waals surface area (Å²) in [5, 5.41) is 17.5. The molecule has 0 saturated heterocycles. The number of ether oxygens (including phenoxy) is 1. The second-order valence-electron chi connectivity index (χ2n) is 9.37. The van der Waals surface area contributed by atoms with Gasteiger partial charge in [0.15, 0.2) is 5.78 Å². The molecule has 0 bridgehead atoms. The van der Waals surface area contributed by atoms with Crippen molar-refractivity contribution in [1.82, 2.24) is 5.32 Å². The number of nitrogens with one attached hydrogen (secondary N) is 2. The molecule has 2 aromatic rings. The van der Waals surface area contributed by atoms with Crippen molar-refractivity contribution in [2.24, 2.45) is 5.41 Å². The first-order valence-electron chi connectivity index (χ1n) is 11.2. The average molecular weight is 508 g/mol. The number of ketones is 1. The molecule has 1 amide bonds. The fourth-order valence-electron chi connectivity index (χ4n) is 4.51. The van der Waals surface area contributed by atoms with Crippen molar-refractivity contribution in [2.45, 2.75) is 32.6 Å². The monoisotopic (exact) mass is 507 g/mol. The van der Waals surface area contributed by atoms with Crippen LogP contribution in [0.4, 0.5) is 5.69 Å². The van der Waals surface area contributed by atoms with E-state index < -0.39 is 5.92 Å². The van der Waals surface area contributed by atoms with Crippen molar-refractivity contribution >= 4 is 40.7 Å². The molecule has 0 radical (unpaired) electrons. The Kier molecular flexibility index (Phi) is 7.25. The Labute approximate surface area is 214 Å². The zero-order valence-corrected chi connectivity index (χ0v) is 21.3. The van der Waals surface area contributed by atoms with E-state index >= 15 is 0 Å². The first-order valence-corrected chi connectivity index (χ1v) is 12.6. The van der Waals surface area contributed by atoms with E-state index in [9.17, 15) is 14.9 Å². The Balaban J connectivity index is 1.63. The van der Waals surface area contributed by atoms with E-state index in [0.717, 1.165) is 11.3 Å². The number of rotatable bonds is 6. The van der Waals surface area contributed by atoms with Gasteiger partial charge in [-0.05, 0) is 41.7 Å². The third kappa shape index (κ3) is 5.55. The van der Waals surface area contributed by atoms with Crippen LogP contribution in [-0.2, 0) is 9.59 Å². The highest BCUT2D eigenvalue weighted by atomic mass is 35.5. The molecule has 0 unspecified atom stereocenters. The molecule has 1 atom stereocenters. The maximum absolute atomic E-state index is 13.2. The molecule has 0 saturated carbocycles. The largest absolute Gasteiger partial charge is 0.497 e. The Morgan fingerprint density at radius 1 is 1.26 bits per heavy atom. The Morgan fingerprint density at radius 2 is 2.00 bits per heavy atom. The molecule has 0 spiro atoms. The van der Waals surface area contributed by atoms with E-state index in [-0.39, 0.29) is 22.9 Å². The molecule has 1 heterocycles. The predicted molar refractivity (Wildman–Crippen MR) is 139 cm³/mol. The number of allylic oxidation sites excluding steroid dienone is 3. The van der Waals surface area contributed by atoms with Gasteiger partial charge in [-0.15, -0.1) is 0 Å². The van der Waals surface area contributed by atoms with Crippen LogP contribution in [0.25, 0.3) is 0 Å². The number of Topliss-reactive ketones (excluding diaryl/α,β-unsaturated/α-hetero) is 1. The Bertz CT molecular complexity index is 1280. The van der Waals surface area contributed by atoms with Crippen LogP contribution in [0.2, 0.25) is 5.02 Å². The summed E-state index contributed by atoms with van der Waals surface area (Å²) in [5.41, 5.74) is 3.14. The van der Waals surface area contributed by atoms with E-state index in [1.807, 2.05) is 12.1 Å². The fraction of sp³-hybridized carbons (Fsp3) is 0.296. The number of carbonyl (C=O) groups excluding carboxylic acids is 2. The smallest absolute Gasteiger partial charge is 0.234 e. The van der Waals surface area contributed by atoms with Gasteiger partial charge in [0.05, 0.1) is 35.5 Å². The minimum Gasteiger partial charge on any atom is -0.497 e. The van der Waals surface area contributed by atoms with Gasteiger partial charge in [0.1, 0.15) is 5.75 Å². The van der Waals surface area contributed by atoms with Crippen LogP contribution < -0.4 is 15.4 Å². The second-order valence-corrected chi connectivity index (χ2v) is 10.8. The van der Waals surface area contributed by atoms with E-state index in [4.69, 9.17) is 16.3 Å². The summed E-state index contributed by atoms with van der Waals surface area (Å²) in [5.74, 6) is 0.0710. The van der Waals surface area contributed by atoms with Gasteiger partial charge in [-0.3, -0.25) is 9.59 Å². The van der Waals surface area contributed by atoms with Gasteiger partial charge in [0, 0.05) is 34.5 Å². The third-order valence-corrected chi connectivity index (χ3v) is 7.30. The molecule has 0 fully saturated rings. The van der Waals surface area contributed by atoms with Gasteiger partial charge in [0.2, 0.25) is 5.91 Å². The summed E-state index contributed by atoms with van der Waals surface area (Å²) in [6.07, 6.45) is 1.10. The van der Waals surface area contributed by atoms with Crippen molar-refractivity contribution in [2.75, 3.05) is 18.2 Å². The molecular formula is C27H26ClN3O3S. The molecule has 8 heteroatoms. The van der Waals surface area contributed by atoms with Gasteiger partial charge in [0.25, 0.3) is 0 Å². The number of hydrogen-bond acceptors (Lipinski definition) is 6. The molecular weight excluding hydrogens is 482 g/mol. The molecule has 1 aliphatic carbocycles. The number of nitriles is 1. The second kappa shape index (κ2) is 10.2. The predicted octanol–water partition coefficient (Wildman–Crippen LogP) is 5.79. The number of methoxy groups -OCH3 is 1. The molecule has 35 heavy (non-hydrogen) atoms. The van der Waals surface area contributed by atoms with Crippen LogP contribution in [0.1, 0.15) is 38.2 Å². The Morgan fingerprint density at radius 3 is 2.69 bits per heavy atom. The van der Waals surface area contributed by atoms with Crippen molar-refractivity contribution in [3.8, 4) is 11.8 Å². The van der Waals surface area contributed by atoms with Crippen LogP contribution in [0.3, 0.4) is 0 Å². The number of nitrogens with zero attached hydrogens (tertiary/aromatic N) is 1. The zero-order chi connectivity index (χ0) is 25.2. The van der Waals surface area contributed by atoms with Crippen molar-refractivity contribution in [3.05, 3.63) is 81.0 Å². The number of dihydropyridines is 1. The van der Waals surface area contributed by atoms with Crippen molar-refractivity contribution in [3.63, 3.8) is 0 Å². The van der Waals surface area contributed by atoms with Gasteiger partial charge in [-0.25, -0.2) is 0 Å². The third-order valence-electron chi connectivity index (χ3n) is 6.03.